The van der Waals surface area contributed by atoms with Crippen molar-refractivity contribution in [3.8, 4) is 17.0 Å². The largest absolute Gasteiger partial charge is 0.486 e. The minimum atomic E-state index is -0.131. The summed E-state index contributed by atoms with van der Waals surface area (Å²) in [6, 6.07) is 16.3. The van der Waals surface area contributed by atoms with Crippen molar-refractivity contribution in [3.63, 3.8) is 0 Å². The Hall–Kier alpha value is -3.17. The quantitative estimate of drug-likeness (QED) is 0.259. The zero-order chi connectivity index (χ0) is 24.8. The van der Waals surface area contributed by atoms with Crippen LogP contribution in [0.2, 0.25) is 0 Å². The van der Waals surface area contributed by atoms with Crippen molar-refractivity contribution in [1.82, 2.24) is 19.7 Å². The maximum Gasteiger partial charge on any atom is 0.236 e. The molecule has 0 spiro atoms. The zero-order valence-corrected chi connectivity index (χ0v) is 21.9. The second-order valence-corrected chi connectivity index (χ2v) is 10.2. The smallest absolute Gasteiger partial charge is 0.236 e. The van der Waals surface area contributed by atoms with Gasteiger partial charge >= 0.3 is 0 Å². The predicted molar refractivity (Wildman–Crippen MR) is 142 cm³/mol. The summed E-state index contributed by atoms with van der Waals surface area (Å²) in [5.41, 5.74) is 4.36. The lowest BCUT2D eigenvalue weighted by Gasteiger charge is -2.10. The van der Waals surface area contributed by atoms with Gasteiger partial charge in [0.15, 0.2) is 16.1 Å². The fourth-order valence-corrected chi connectivity index (χ4v) is 4.98. The van der Waals surface area contributed by atoms with Crippen LogP contribution in [0, 0.1) is 6.92 Å². The Balaban J connectivity index is 1.31. The van der Waals surface area contributed by atoms with Crippen LogP contribution in [0.25, 0.3) is 11.3 Å². The summed E-state index contributed by atoms with van der Waals surface area (Å²) in [6.45, 7) is 9.41. The summed E-state index contributed by atoms with van der Waals surface area (Å²) in [5.74, 6) is 2.09. The van der Waals surface area contributed by atoms with E-state index >= 15 is 0 Å². The van der Waals surface area contributed by atoms with Crippen molar-refractivity contribution in [2.75, 3.05) is 11.1 Å². The van der Waals surface area contributed by atoms with Crippen LogP contribution in [0.15, 0.2) is 59.1 Å². The van der Waals surface area contributed by atoms with Gasteiger partial charge in [-0.2, -0.15) is 0 Å². The van der Waals surface area contributed by atoms with Gasteiger partial charge in [0.1, 0.15) is 12.4 Å². The van der Waals surface area contributed by atoms with Gasteiger partial charge in [-0.05, 0) is 37.5 Å². The lowest BCUT2D eigenvalue weighted by atomic mass is 10.0. The first kappa shape index (κ1) is 24.9. The van der Waals surface area contributed by atoms with Crippen LogP contribution in [0.3, 0.4) is 0 Å². The van der Waals surface area contributed by atoms with Crippen LogP contribution in [0.5, 0.6) is 5.75 Å². The van der Waals surface area contributed by atoms with Crippen LogP contribution in [0.4, 0.5) is 5.13 Å². The Morgan fingerprint density at radius 1 is 1.11 bits per heavy atom. The maximum atomic E-state index is 12.5. The number of carbonyl (C=O) groups excluding carboxylic acids is 1. The van der Waals surface area contributed by atoms with Crippen LogP contribution >= 0.6 is 23.1 Å². The normalized spacial score (nSPS) is 11.1. The number of amides is 1. The van der Waals surface area contributed by atoms with Gasteiger partial charge in [-0.25, -0.2) is 4.98 Å². The molecule has 0 fully saturated rings. The van der Waals surface area contributed by atoms with Gasteiger partial charge in [0.25, 0.3) is 0 Å². The van der Waals surface area contributed by atoms with Crippen LogP contribution in [-0.4, -0.2) is 31.4 Å². The molecule has 182 valence electrons. The number of hydrogen-bond donors (Lipinski definition) is 1. The summed E-state index contributed by atoms with van der Waals surface area (Å²) in [5, 5.41) is 14.7. The topological polar surface area (TPSA) is 81.9 Å². The highest BCUT2D eigenvalue weighted by atomic mass is 32.2. The first-order valence-electron chi connectivity index (χ1n) is 11.5. The molecular formula is C26H29N5O2S2. The Bertz CT molecular complexity index is 1260. The van der Waals surface area contributed by atoms with Crippen molar-refractivity contribution in [1.29, 1.82) is 0 Å². The fourth-order valence-electron chi connectivity index (χ4n) is 3.42. The Morgan fingerprint density at radius 3 is 2.54 bits per heavy atom. The first-order valence-corrected chi connectivity index (χ1v) is 13.4. The molecule has 0 aliphatic rings. The molecule has 35 heavy (non-hydrogen) atoms. The molecular weight excluding hydrogens is 478 g/mol. The van der Waals surface area contributed by atoms with Gasteiger partial charge in [-0.1, -0.05) is 67.6 Å². The SMILES string of the molecule is CCn1c(COc2ccc(C(C)C)cc2)nnc1SCC(=O)Nc1nc(-c2ccc(C)cc2)cs1. The predicted octanol–water partition coefficient (Wildman–Crippen LogP) is 6.16. The molecule has 9 heteroatoms. The first-order chi connectivity index (χ1) is 16.9. The number of rotatable bonds is 10. The molecule has 2 aromatic heterocycles. The molecule has 0 aliphatic carbocycles. The molecule has 2 aromatic carbocycles. The summed E-state index contributed by atoms with van der Waals surface area (Å²) in [7, 11) is 0. The number of carbonyl (C=O) groups is 1. The highest BCUT2D eigenvalue weighted by Crippen LogP contribution is 2.26. The lowest BCUT2D eigenvalue weighted by Crippen LogP contribution is -2.14. The zero-order valence-electron chi connectivity index (χ0n) is 20.3. The molecule has 0 unspecified atom stereocenters. The fraction of sp³-hybridized carbons (Fsp3) is 0.308. The van der Waals surface area contributed by atoms with E-state index in [9.17, 15) is 4.79 Å². The third-order valence-corrected chi connectivity index (χ3v) is 7.18. The van der Waals surface area contributed by atoms with Gasteiger partial charge in [0.05, 0.1) is 11.4 Å². The van der Waals surface area contributed by atoms with Crippen LogP contribution < -0.4 is 10.1 Å². The number of benzene rings is 2. The Morgan fingerprint density at radius 2 is 1.86 bits per heavy atom. The molecule has 0 saturated heterocycles. The second kappa shape index (κ2) is 11.5. The Kier molecular flexibility index (Phi) is 8.20. The summed E-state index contributed by atoms with van der Waals surface area (Å²) >= 11 is 2.77. The summed E-state index contributed by atoms with van der Waals surface area (Å²) in [4.78, 5) is 17.1. The standard InChI is InChI=1S/C26H29N5O2S2/c1-5-31-23(14-33-21-12-10-19(11-13-21)17(2)3)29-30-26(31)35-16-24(32)28-25-27-22(15-34-25)20-8-6-18(4)7-9-20/h6-13,15,17H,5,14,16H2,1-4H3,(H,27,28,32). The van der Waals surface area contributed by atoms with Gasteiger partial charge in [-0.3, -0.25) is 4.79 Å². The van der Waals surface area contributed by atoms with Crippen molar-refractivity contribution in [3.05, 3.63) is 70.9 Å². The molecule has 0 saturated carbocycles. The molecule has 0 bridgehead atoms. The van der Waals surface area contributed by atoms with E-state index in [0.29, 0.717) is 29.4 Å². The molecule has 0 aliphatic heterocycles. The average molecular weight is 508 g/mol. The van der Waals surface area contributed by atoms with Crippen LogP contribution in [-0.2, 0) is 17.9 Å². The monoisotopic (exact) mass is 507 g/mol. The van der Waals surface area contributed by atoms with Gasteiger partial charge in [-0.15, -0.1) is 21.5 Å². The number of hydrogen-bond acceptors (Lipinski definition) is 7. The molecule has 2 heterocycles. The number of ether oxygens (including phenoxy) is 1. The number of aromatic nitrogens is 4. The van der Waals surface area contributed by atoms with E-state index in [1.54, 1.807) is 0 Å². The molecule has 7 nitrogen and oxygen atoms in total. The van der Waals surface area contributed by atoms with Crippen molar-refractivity contribution in [2.24, 2.45) is 0 Å². The third kappa shape index (κ3) is 6.49. The molecule has 4 aromatic rings. The lowest BCUT2D eigenvalue weighted by molar-refractivity contribution is -0.113. The van der Waals surface area contributed by atoms with Crippen molar-refractivity contribution < 1.29 is 9.53 Å². The van der Waals surface area contributed by atoms with E-state index < -0.39 is 0 Å². The van der Waals surface area contributed by atoms with Crippen molar-refractivity contribution in [2.45, 2.75) is 51.9 Å². The number of nitrogens with one attached hydrogen (secondary N) is 1. The third-order valence-electron chi connectivity index (χ3n) is 5.45. The van der Waals surface area contributed by atoms with Crippen molar-refractivity contribution >= 4 is 34.1 Å². The number of thiazole rings is 1. The molecule has 1 amide bonds. The second-order valence-electron chi connectivity index (χ2n) is 8.40. The van der Waals surface area contributed by atoms with Crippen LogP contribution in [0.1, 0.15) is 43.6 Å². The van der Waals surface area contributed by atoms with E-state index in [0.717, 1.165) is 22.8 Å². The van der Waals surface area contributed by atoms with Gasteiger partial charge in [0, 0.05) is 17.5 Å². The Labute approximate surface area is 214 Å². The summed E-state index contributed by atoms with van der Waals surface area (Å²) < 4.78 is 7.89. The molecule has 1 N–H and O–H groups in total. The highest BCUT2D eigenvalue weighted by Gasteiger charge is 2.15. The van der Waals surface area contributed by atoms with E-state index in [4.69, 9.17) is 4.74 Å². The molecule has 0 atom stereocenters. The average Bonchev–Trinajstić information content (AvgIpc) is 3.48. The van der Waals surface area contributed by atoms with E-state index in [-0.39, 0.29) is 11.7 Å². The minimum absolute atomic E-state index is 0.131. The maximum absolute atomic E-state index is 12.5. The number of anilines is 1. The van der Waals surface area contributed by atoms with E-state index in [1.807, 2.05) is 41.1 Å². The minimum Gasteiger partial charge on any atom is -0.486 e. The molecule has 0 radical (unpaired) electrons. The van der Waals surface area contributed by atoms with E-state index in [2.05, 4.69) is 65.5 Å². The summed E-state index contributed by atoms with van der Waals surface area (Å²) in [6.07, 6.45) is 0. The molecule has 4 rings (SSSR count). The number of aryl methyl sites for hydroxylation is 1. The number of thioether (sulfide) groups is 1. The van der Waals surface area contributed by atoms with E-state index in [1.165, 1.54) is 34.2 Å². The number of nitrogens with zero attached hydrogens (tertiary/aromatic N) is 4. The highest BCUT2D eigenvalue weighted by molar-refractivity contribution is 7.99. The van der Waals surface area contributed by atoms with Gasteiger partial charge < -0.3 is 14.6 Å². The van der Waals surface area contributed by atoms with Gasteiger partial charge in [0.2, 0.25) is 5.91 Å².